The van der Waals surface area contributed by atoms with Gasteiger partial charge in [-0.25, -0.2) is 14.8 Å². The largest absolute Gasteiger partial charge is 0.480 e. The van der Waals surface area contributed by atoms with Crippen LogP contribution in [0.2, 0.25) is 0 Å². The van der Waals surface area contributed by atoms with Gasteiger partial charge in [-0.2, -0.15) is 5.10 Å². The lowest BCUT2D eigenvalue weighted by atomic mass is 9.98. The van der Waals surface area contributed by atoms with Crippen LogP contribution in [0.25, 0.3) is 11.4 Å². The maximum atomic E-state index is 12.9. The van der Waals surface area contributed by atoms with E-state index in [1.165, 1.54) is 0 Å². The van der Waals surface area contributed by atoms with Crippen LogP contribution in [-0.2, 0) is 17.8 Å². The van der Waals surface area contributed by atoms with Crippen molar-refractivity contribution in [3.05, 3.63) is 93.9 Å². The molecule has 0 aliphatic carbocycles. The number of rotatable bonds is 9. The van der Waals surface area contributed by atoms with Crippen LogP contribution in [0.15, 0.2) is 54.7 Å². The highest BCUT2D eigenvalue weighted by molar-refractivity contribution is 5.99. The van der Waals surface area contributed by atoms with Crippen molar-refractivity contribution >= 4 is 17.7 Å². The van der Waals surface area contributed by atoms with Gasteiger partial charge in [-0.1, -0.05) is 42.0 Å². The second-order valence-corrected chi connectivity index (χ2v) is 9.22. The van der Waals surface area contributed by atoms with Crippen LogP contribution in [0.4, 0.5) is 5.82 Å². The molecule has 1 amide bonds. The van der Waals surface area contributed by atoms with Gasteiger partial charge in [-0.05, 0) is 62.1 Å². The van der Waals surface area contributed by atoms with Crippen molar-refractivity contribution in [2.45, 2.75) is 46.7 Å². The summed E-state index contributed by atoms with van der Waals surface area (Å²) in [4.78, 5) is 33.6. The molecular weight excluding hydrogens is 468 g/mol. The molecule has 1 atom stereocenters. The van der Waals surface area contributed by atoms with Crippen LogP contribution in [0.1, 0.15) is 44.0 Å². The second kappa shape index (κ2) is 11.0. The van der Waals surface area contributed by atoms with Crippen molar-refractivity contribution < 1.29 is 14.7 Å². The number of hydrogen-bond donors (Lipinski definition) is 4. The number of nitrogens with zero attached hydrogens (tertiary/aromatic N) is 3. The van der Waals surface area contributed by atoms with Crippen molar-refractivity contribution in [1.29, 1.82) is 0 Å². The fraction of sp³-hybridized carbons (Fsp3) is 0.250. The van der Waals surface area contributed by atoms with Crippen LogP contribution < -0.4 is 10.6 Å². The van der Waals surface area contributed by atoms with Crippen molar-refractivity contribution in [3.63, 3.8) is 0 Å². The number of amides is 1. The first-order valence-corrected chi connectivity index (χ1v) is 12.0. The first-order valence-electron chi connectivity index (χ1n) is 12.0. The van der Waals surface area contributed by atoms with E-state index in [1.54, 1.807) is 6.20 Å². The van der Waals surface area contributed by atoms with Gasteiger partial charge in [0.1, 0.15) is 17.7 Å². The molecule has 0 aliphatic rings. The number of aliphatic carboxylic acids is 1. The molecule has 1 unspecified atom stereocenters. The van der Waals surface area contributed by atoms with E-state index in [9.17, 15) is 14.7 Å². The molecule has 0 saturated heterocycles. The number of aromatic nitrogens is 4. The van der Waals surface area contributed by atoms with Gasteiger partial charge in [-0.3, -0.25) is 9.89 Å². The normalized spacial score (nSPS) is 11.7. The smallest absolute Gasteiger partial charge is 0.326 e. The second-order valence-electron chi connectivity index (χ2n) is 9.22. The summed E-state index contributed by atoms with van der Waals surface area (Å²) in [6, 6.07) is 14.0. The Morgan fingerprint density at radius 3 is 2.32 bits per heavy atom. The van der Waals surface area contributed by atoms with E-state index in [1.807, 2.05) is 76.2 Å². The van der Waals surface area contributed by atoms with Gasteiger partial charge in [0.25, 0.3) is 5.91 Å². The van der Waals surface area contributed by atoms with Gasteiger partial charge in [0.15, 0.2) is 5.82 Å². The van der Waals surface area contributed by atoms with E-state index in [2.05, 4.69) is 30.8 Å². The Morgan fingerprint density at radius 2 is 1.68 bits per heavy atom. The summed E-state index contributed by atoms with van der Waals surface area (Å²) in [5, 5.41) is 22.8. The Kier molecular flexibility index (Phi) is 7.62. The summed E-state index contributed by atoms with van der Waals surface area (Å²) in [6.07, 6.45) is 1.90. The zero-order valence-corrected chi connectivity index (χ0v) is 21.3. The number of carbonyl (C=O) groups is 2. The molecule has 0 saturated carbocycles. The molecule has 2 aromatic heterocycles. The van der Waals surface area contributed by atoms with E-state index in [4.69, 9.17) is 0 Å². The van der Waals surface area contributed by atoms with E-state index in [0.717, 1.165) is 39.2 Å². The molecule has 190 valence electrons. The molecule has 0 radical (unpaired) electrons. The van der Waals surface area contributed by atoms with Gasteiger partial charge in [0.05, 0.1) is 6.54 Å². The maximum Gasteiger partial charge on any atom is 0.326 e. The molecule has 0 bridgehead atoms. The number of carbonyl (C=O) groups excluding carboxylic acids is 1. The molecular formula is C28H30N6O3. The van der Waals surface area contributed by atoms with Crippen molar-refractivity contribution in [3.8, 4) is 11.4 Å². The zero-order chi connectivity index (χ0) is 26.5. The van der Waals surface area contributed by atoms with E-state index >= 15 is 0 Å². The molecule has 0 fully saturated rings. The number of carboxylic acid groups (broad SMARTS) is 1. The summed E-state index contributed by atoms with van der Waals surface area (Å²) >= 11 is 0. The third kappa shape index (κ3) is 6.38. The van der Waals surface area contributed by atoms with Crippen LogP contribution in [0.5, 0.6) is 0 Å². The van der Waals surface area contributed by atoms with Gasteiger partial charge in [0.2, 0.25) is 0 Å². The average Bonchev–Trinajstić information content (AvgIpc) is 3.31. The van der Waals surface area contributed by atoms with E-state index in [0.29, 0.717) is 23.8 Å². The minimum Gasteiger partial charge on any atom is -0.480 e. The Balaban J connectivity index is 1.40. The van der Waals surface area contributed by atoms with Crippen LogP contribution in [0.3, 0.4) is 0 Å². The molecule has 4 N–H and O–H groups in total. The van der Waals surface area contributed by atoms with Gasteiger partial charge >= 0.3 is 5.97 Å². The number of carboxylic acids is 1. The molecule has 2 heterocycles. The monoisotopic (exact) mass is 498 g/mol. The average molecular weight is 499 g/mol. The van der Waals surface area contributed by atoms with Crippen molar-refractivity contribution in [1.82, 2.24) is 25.5 Å². The van der Waals surface area contributed by atoms with Gasteiger partial charge < -0.3 is 15.7 Å². The Labute approximate surface area is 215 Å². The zero-order valence-electron chi connectivity index (χ0n) is 21.3. The highest BCUT2D eigenvalue weighted by Gasteiger charge is 2.23. The molecule has 4 aromatic rings. The molecule has 2 aromatic carbocycles. The highest BCUT2D eigenvalue weighted by Crippen LogP contribution is 2.19. The summed E-state index contributed by atoms with van der Waals surface area (Å²) in [5.41, 5.74) is 5.89. The topological polar surface area (TPSA) is 133 Å². The number of benzene rings is 2. The molecule has 37 heavy (non-hydrogen) atoms. The first-order chi connectivity index (χ1) is 17.7. The minimum atomic E-state index is -1.09. The lowest BCUT2D eigenvalue weighted by Gasteiger charge is -2.17. The summed E-state index contributed by atoms with van der Waals surface area (Å²) < 4.78 is 0. The fourth-order valence-electron chi connectivity index (χ4n) is 4.30. The van der Waals surface area contributed by atoms with E-state index < -0.39 is 12.0 Å². The van der Waals surface area contributed by atoms with Crippen molar-refractivity contribution in [2.24, 2.45) is 0 Å². The number of pyridine rings is 1. The van der Waals surface area contributed by atoms with Crippen LogP contribution >= 0.6 is 0 Å². The number of nitrogens with one attached hydrogen (secondary N) is 3. The first kappa shape index (κ1) is 25.6. The van der Waals surface area contributed by atoms with E-state index in [-0.39, 0.29) is 12.3 Å². The summed E-state index contributed by atoms with van der Waals surface area (Å²) in [6.45, 7) is 8.12. The quantitative estimate of drug-likeness (QED) is 0.273. The number of anilines is 1. The number of hydrogen-bond acceptors (Lipinski definition) is 6. The summed E-state index contributed by atoms with van der Waals surface area (Å²) in [5.74, 6) is 0.484. The highest BCUT2D eigenvalue weighted by atomic mass is 16.4. The maximum absolute atomic E-state index is 12.9. The Hall–Kier alpha value is -4.53. The minimum absolute atomic E-state index is 0.151. The third-order valence-electron chi connectivity index (χ3n) is 6.04. The predicted molar refractivity (Wildman–Crippen MR) is 141 cm³/mol. The molecule has 9 heteroatoms. The molecule has 0 spiro atoms. The lowest BCUT2D eigenvalue weighted by Crippen LogP contribution is -2.42. The number of aryl methyl sites for hydroxylation is 4. The number of aromatic amines is 1. The standard InChI is InChI=1S/C28H30N6O3/c1-16-9-10-29-23(13-16)30-15-24-32-26(34-33-24)21-7-5-20(6-8-21)14-22(28(36)37)31-27(35)25-18(3)11-17(2)12-19(25)4/h5-13,22H,14-15H2,1-4H3,(H,29,30)(H,31,35)(H,36,37)(H,32,33,34). The Bertz CT molecular complexity index is 1410. The Morgan fingerprint density at radius 1 is 0.973 bits per heavy atom. The van der Waals surface area contributed by atoms with Crippen LogP contribution in [0, 0.1) is 27.7 Å². The fourth-order valence-corrected chi connectivity index (χ4v) is 4.30. The van der Waals surface area contributed by atoms with Gasteiger partial charge in [-0.15, -0.1) is 0 Å². The van der Waals surface area contributed by atoms with Gasteiger partial charge in [0, 0.05) is 23.7 Å². The SMILES string of the molecule is Cc1ccnc(NCc2nc(-c3ccc(CC(NC(=O)c4c(C)cc(C)cc4C)C(=O)O)cc3)n[nH]2)c1. The molecule has 4 rings (SSSR count). The molecule has 0 aliphatic heterocycles. The predicted octanol–water partition coefficient (Wildman–Crippen LogP) is 4.14. The van der Waals surface area contributed by atoms with Crippen molar-refractivity contribution in [2.75, 3.05) is 5.32 Å². The third-order valence-corrected chi connectivity index (χ3v) is 6.04. The summed E-state index contributed by atoms with van der Waals surface area (Å²) in [7, 11) is 0. The molecule has 9 nitrogen and oxygen atoms in total. The number of H-pyrrole nitrogens is 1. The lowest BCUT2D eigenvalue weighted by molar-refractivity contribution is -0.139. The van der Waals surface area contributed by atoms with Crippen LogP contribution in [-0.4, -0.2) is 43.2 Å².